The van der Waals surface area contributed by atoms with E-state index in [1.165, 1.54) is 104 Å². The molecule has 0 radical (unpaired) electrons. The van der Waals surface area contributed by atoms with Crippen molar-refractivity contribution in [2.24, 2.45) is 5.92 Å². The van der Waals surface area contributed by atoms with Crippen molar-refractivity contribution in [3.8, 4) is 0 Å². The molecule has 2 fully saturated rings. The van der Waals surface area contributed by atoms with Crippen LogP contribution in [0.5, 0.6) is 0 Å². The van der Waals surface area contributed by atoms with Crippen molar-refractivity contribution in [2.75, 3.05) is 106 Å². The molecule has 0 aliphatic carbocycles. The van der Waals surface area contributed by atoms with Crippen molar-refractivity contribution in [1.82, 2.24) is 29.4 Å². The van der Waals surface area contributed by atoms with Crippen molar-refractivity contribution in [3.63, 3.8) is 0 Å². The van der Waals surface area contributed by atoms with E-state index in [-0.39, 0.29) is 0 Å². The Kier molecular flexibility index (Phi) is 21.9. The number of nitrogens with zero attached hydrogens (tertiary/aromatic N) is 6. The Morgan fingerprint density at radius 2 is 1.33 bits per heavy atom. The molecule has 7 nitrogen and oxygen atoms in total. The maximum atomic E-state index is 5.58. The fourth-order valence-corrected chi connectivity index (χ4v) is 5.82. The van der Waals surface area contributed by atoms with Gasteiger partial charge in [0.05, 0.1) is 6.10 Å². The average molecular weight is 597 g/mol. The second-order valence-electron chi connectivity index (χ2n) is 14.3. The fourth-order valence-electron chi connectivity index (χ4n) is 5.82. The van der Waals surface area contributed by atoms with Gasteiger partial charge in [0.15, 0.2) is 0 Å². The minimum atomic E-state index is 0.366. The van der Waals surface area contributed by atoms with E-state index in [9.17, 15) is 0 Å². The van der Waals surface area contributed by atoms with E-state index in [1.54, 1.807) is 0 Å². The Labute approximate surface area is 264 Å². The van der Waals surface area contributed by atoms with Gasteiger partial charge in [-0.2, -0.15) is 0 Å². The molecule has 0 bridgehead atoms. The number of piperazine rings is 1. The van der Waals surface area contributed by atoms with Crippen LogP contribution in [0.1, 0.15) is 93.9 Å². The van der Waals surface area contributed by atoms with Gasteiger partial charge < -0.3 is 29.2 Å². The Morgan fingerprint density at radius 1 is 0.690 bits per heavy atom. The fraction of sp³-hybridized carbons (Fsp3) is 1.00. The molecule has 42 heavy (non-hydrogen) atoms. The molecule has 0 N–H and O–H groups in total. The number of likely N-dealkylation sites (N-methyl/N-ethyl adjacent to an activating group) is 2. The first-order chi connectivity index (χ1) is 19.9. The Balaban J connectivity index is 0.000000435. The molecule has 0 aromatic heterocycles. The Bertz CT molecular complexity index is 617. The molecule has 2 saturated heterocycles. The van der Waals surface area contributed by atoms with Gasteiger partial charge in [-0.1, -0.05) is 6.92 Å². The second-order valence-corrected chi connectivity index (χ2v) is 14.3. The number of hydrogen-bond donors (Lipinski definition) is 0. The summed E-state index contributed by atoms with van der Waals surface area (Å²) in [5.74, 6) is 0.957. The third kappa shape index (κ3) is 18.5. The average Bonchev–Trinajstić information content (AvgIpc) is 2.97. The van der Waals surface area contributed by atoms with E-state index < -0.39 is 0 Å². The van der Waals surface area contributed by atoms with Crippen molar-refractivity contribution < 1.29 is 4.74 Å². The van der Waals surface area contributed by atoms with Gasteiger partial charge in [-0.05, 0) is 147 Å². The summed E-state index contributed by atoms with van der Waals surface area (Å²) < 4.78 is 5.58. The largest absolute Gasteiger partial charge is 0.379 e. The number of unbranched alkanes of at least 4 members (excludes halogenated alkanes) is 2. The maximum absolute atomic E-state index is 5.58. The standard InChI is InChI=1S/C20H45N3O.C15H31N3/c1-18(2)22(7)14-12-20(5)23(8)16-15-21(6)13-10-9-11-17-24-19(3)4;1-4-16-7-5-15(6-8-16)13-17-9-11-18(12-10-17)14(2)3/h18-20H,9-17H2,1-8H3;14-15H,4-13H2,1-3H3. The number of piperidine rings is 1. The third-order valence-corrected chi connectivity index (χ3v) is 9.81. The topological polar surface area (TPSA) is 28.7 Å². The zero-order chi connectivity index (χ0) is 31.5. The SMILES string of the molecule is CC(C)OCCCCCN(C)CCN(C)C(C)CCN(C)C(C)C.CCN1CCC(CN2CCN(C(C)C)CC2)CC1. The summed E-state index contributed by atoms with van der Waals surface area (Å²) in [5.41, 5.74) is 0. The summed E-state index contributed by atoms with van der Waals surface area (Å²) in [7, 11) is 6.73. The van der Waals surface area contributed by atoms with Crippen LogP contribution in [0.25, 0.3) is 0 Å². The lowest BCUT2D eigenvalue weighted by Crippen LogP contribution is -2.50. The van der Waals surface area contributed by atoms with Gasteiger partial charge in [-0.15, -0.1) is 0 Å². The summed E-state index contributed by atoms with van der Waals surface area (Å²) in [6.45, 7) is 33.9. The summed E-state index contributed by atoms with van der Waals surface area (Å²) in [6.07, 6.45) is 8.17. The zero-order valence-corrected chi connectivity index (χ0v) is 30.4. The normalized spacial score (nSPS) is 19.1. The Morgan fingerprint density at radius 3 is 1.88 bits per heavy atom. The maximum Gasteiger partial charge on any atom is 0.0518 e. The van der Waals surface area contributed by atoms with Crippen LogP contribution in [0.2, 0.25) is 0 Å². The third-order valence-electron chi connectivity index (χ3n) is 9.81. The highest BCUT2D eigenvalue weighted by molar-refractivity contribution is 4.79. The van der Waals surface area contributed by atoms with Crippen molar-refractivity contribution >= 4 is 0 Å². The van der Waals surface area contributed by atoms with Gasteiger partial charge in [-0.3, -0.25) is 4.90 Å². The van der Waals surface area contributed by atoms with Gasteiger partial charge >= 0.3 is 0 Å². The van der Waals surface area contributed by atoms with Crippen LogP contribution < -0.4 is 0 Å². The molecule has 0 saturated carbocycles. The van der Waals surface area contributed by atoms with Crippen LogP contribution in [0.4, 0.5) is 0 Å². The molecule has 2 aliphatic heterocycles. The number of rotatable bonds is 19. The van der Waals surface area contributed by atoms with Gasteiger partial charge in [-0.25, -0.2) is 0 Å². The molecule has 2 heterocycles. The molecule has 2 rings (SSSR count). The molecule has 1 atom stereocenters. The van der Waals surface area contributed by atoms with Crippen LogP contribution in [0.15, 0.2) is 0 Å². The lowest BCUT2D eigenvalue weighted by atomic mass is 9.96. The van der Waals surface area contributed by atoms with Crippen LogP contribution in [-0.2, 0) is 4.74 Å². The molecule has 0 spiro atoms. The molecule has 1 unspecified atom stereocenters. The predicted molar refractivity (Wildman–Crippen MR) is 185 cm³/mol. The van der Waals surface area contributed by atoms with Gasteiger partial charge in [0, 0.05) is 70.5 Å². The highest BCUT2D eigenvalue weighted by Gasteiger charge is 2.24. The molecular weight excluding hydrogens is 520 g/mol. The second kappa shape index (κ2) is 23.1. The van der Waals surface area contributed by atoms with E-state index in [4.69, 9.17) is 4.74 Å². The van der Waals surface area contributed by atoms with Crippen molar-refractivity contribution in [2.45, 2.75) is 118 Å². The van der Waals surface area contributed by atoms with Crippen molar-refractivity contribution in [1.29, 1.82) is 0 Å². The Hall–Kier alpha value is -0.280. The summed E-state index contributed by atoms with van der Waals surface area (Å²) in [5, 5.41) is 0. The molecule has 0 amide bonds. The zero-order valence-electron chi connectivity index (χ0n) is 30.4. The van der Waals surface area contributed by atoms with E-state index in [1.807, 2.05) is 0 Å². The summed E-state index contributed by atoms with van der Waals surface area (Å²) in [6, 6.07) is 2.01. The first kappa shape index (κ1) is 39.7. The minimum Gasteiger partial charge on any atom is -0.379 e. The van der Waals surface area contributed by atoms with E-state index >= 15 is 0 Å². The van der Waals surface area contributed by atoms with Gasteiger partial charge in [0.2, 0.25) is 0 Å². The monoisotopic (exact) mass is 597 g/mol. The smallest absolute Gasteiger partial charge is 0.0518 e. The van der Waals surface area contributed by atoms with E-state index in [0.29, 0.717) is 18.2 Å². The van der Waals surface area contributed by atoms with Crippen LogP contribution >= 0.6 is 0 Å². The summed E-state index contributed by atoms with van der Waals surface area (Å²) in [4.78, 5) is 15.3. The lowest BCUT2D eigenvalue weighted by Gasteiger charge is -2.40. The van der Waals surface area contributed by atoms with E-state index in [0.717, 1.165) is 31.7 Å². The highest BCUT2D eigenvalue weighted by Crippen LogP contribution is 2.19. The molecular formula is C35H76N6O. The van der Waals surface area contributed by atoms with Gasteiger partial charge in [0.25, 0.3) is 0 Å². The van der Waals surface area contributed by atoms with E-state index in [2.05, 4.69) is 106 Å². The quantitative estimate of drug-likeness (QED) is 0.187. The minimum absolute atomic E-state index is 0.366. The number of ether oxygens (including phenoxy) is 1. The molecule has 252 valence electrons. The first-order valence-corrected chi connectivity index (χ1v) is 17.8. The number of likely N-dealkylation sites (tertiary alicyclic amines) is 1. The van der Waals surface area contributed by atoms with Crippen LogP contribution in [-0.4, -0.2) is 160 Å². The molecule has 0 aromatic carbocycles. The highest BCUT2D eigenvalue weighted by atomic mass is 16.5. The molecule has 7 heteroatoms. The van der Waals surface area contributed by atoms with Crippen LogP contribution in [0.3, 0.4) is 0 Å². The van der Waals surface area contributed by atoms with Gasteiger partial charge in [0.1, 0.15) is 0 Å². The summed E-state index contributed by atoms with van der Waals surface area (Å²) >= 11 is 0. The van der Waals surface area contributed by atoms with Crippen molar-refractivity contribution in [3.05, 3.63) is 0 Å². The van der Waals surface area contributed by atoms with Crippen LogP contribution in [0, 0.1) is 5.92 Å². The molecule has 0 aromatic rings. The predicted octanol–water partition coefficient (Wildman–Crippen LogP) is 5.31. The molecule has 2 aliphatic rings. The first-order valence-electron chi connectivity index (χ1n) is 17.8. The lowest BCUT2D eigenvalue weighted by molar-refractivity contribution is 0.0753. The number of hydrogen-bond acceptors (Lipinski definition) is 7.